The topological polar surface area (TPSA) is 64.6 Å². The molecule has 0 aromatic heterocycles. The van der Waals surface area contributed by atoms with Crippen LogP contribution in [0.5, 0.6) is 5.75 Å². The summed E-state index contributed by atoms with van der Waals surface area (Å²) in [4.78, 5) is 23.7. The second-order valence-electron chi connectivity index (χ2n) is 5.70. The van der Waals surface area contributed by atoms with Gasteiger partial charge in [-0.05, 0) is 56.2 Å². The zero-order valence-corrected chi connectivity index (χ0v) is 14.3. The van der Waals surface area contributed by atoms with E-state index in [1.54, 1.807) is 31.2 Å². The Labute approximate surface area is 145 Å². The highest BCUT2D eigenvalue weighted by molar-refractivity contribution is 5.93. The number of benzene rings is 2. The molecule has 132 valence electrons. The lowest BCUT2D eigenvalue weighted by Gasteiger charge is -2.14. The summed E-state index contributed by atoms with van der Waals surface area (Å²) in [6.45, 7) is 4.60. The number of nitrogens with one attached hydrogen (secondary N) is 1. The first kappa shape index (κ1) is 18.4. The van der Waals surface area contributed by atoms with E-state index in [9.17, 15) is 14.0 Å². The molecule has 0 saturated heterocycles. The van der Waals surface area contributed by atoms with E-state index in [4.69, 9.17) is 9.47 Å². The quantitative estimate of drug-likeness (QED) is 0.815. The second-order valence-corrected chi connectivity index (χ2v) is 5.70. The van der Waals surface area contributed by atoms with Crippen molar-refractivity contribution in [3.8, 4) is 5.75 Å². The van der Waals surface area contributed by atoms with Crippen LogP contribution in [0, 0.1) is 19.7 Å². The van der Waals surface area contributed by atoms with Crippen molar-refractivity contribution < 1.29 is 23.5 Å². The smallest absolute Gasteiger partial charge is 0.347 e. The molecular weight excluding hydrogens is 325 g/mol. The first-order valence-corrected chi connectivity index (χ1v) is 7.81. The van der Waals surface area contributed by atoms with Crippen LogP contribution in [-0.4, -0.2) is 24.6 Å². The fraction of sp³-hybridized carbons (Fsp3) is 0.263. The number of aryl methyl sites for hydroxylation is 2. The van der Waals surface area contributed by atoms with Gasteiger partial charge in [0, 0.05) is 5.69 Å². The lowest BCUT2D eigenvalue weighted by Crippen LogP contribution is -2.29. The van der Waals surface area contributed by atoms with E-state index in [2.05, 4.69) is 5.32 Å². The molecule has 25 heavy (non-hydrogen) atoms. The molecule has 0 heterocycles. The summed E-state index contributed by atoms with van der Waals surface area (Å²) >= 11 is 0. The maximum Gasteiger partial charge on any atom is 0.347 e. The number of rotatable bonds is 6. The van der Waals surface area contributed by atoms with Gasteiger partial charge in [-0.25, -0.2) is 9.18 Å². The van der Waals surface area contributed by atoms with Crippen molar-refractivity contribution >= 4 is 17.6 Å². The van der Waals surface area contributed by atoms with Gasteiger partial charge in [-0.3, -0.25) is 4.79 Å². The van der Waals surface area contributed by atoms with Crippen molar-refractivity contribution in [2.45, 2.75) is 26.9 Å². The van der Waals surface area contributed by atoms with Gasteiger partial charge in [0.25, 0.3) is 5.91 Å². The molecule has 0 aliphatic heterocycles. The molecule has 1 N–H and O–H groups in total. The Morgan fingerprint density at radius 3 is 2.60 bits per heavy atom. The van der Waals surface area contributed by atoms with E-state index in [0.29, 0.717) is 17.0 Å². The van der Waals surface area contributed by atoms with Crippen LogP contribution in [0.25, 0.3) is 0 Å². The van der Waals surface area contributed by atoms with Crippen molar-refractivity contribution in [2.24, 2.45) is 0 Å². The largest absolute Gasteiger partial charge is 0.479 e. The van der Waals surface area contributed by atoms with Gasteiger partial charge >= 0.3 is 5.97 Å². The molecule has 0 aliphatic carbocycles. The van der Waals surface area contributed by atoms with Crippen LogP contribution in [0.2, 0.25) is 0 Å². The third-order valence-electron chi connectivity index (χ3n) is 3.44. The SMILES string of the molecule is Cc1cccc(O[C@H](C)C(=O)OCC(=O)Nc2ccc(C)c(F)c2)c1. The van der Waals surface area contributed by atoms with Crippen molar-refractivity contribution in [2.75, 3.05) is 11.9 Å². The van der Waals surface area contributed by atoms with E-state index in [0.717, 1.165) is 5.56 Å². The molecule has 1 atom stereocenters. The first-order chi connectivity index (χ1) is 11.8. The molecule has 0 aliphatic rings. The summed E-state index contributed by atoms with van der Waals surface area (Å²) in [7, 11) is 0. The van der Waals surface area contributed by atoms with Crippen LogP contribution < -0.4 is 10.1 Å². The second kappa shape index (κ2) is 8.28. The van der Waals surface area contributed by atoms with Crippen LogP contribution in [0.3, 0.4) is 0 Å². The van der Waals surface area contributed by atoms with Crippen molar-refractivity contribution in [3.05, 3.63) is 59.4 Å². The number of esters is 1. The summed E-state index contributed by atoms with van der Waals surface area (Å²) in [5.74, 6) is -1.09. The van der Waals surface area contributed by atoms with E-state index in [1.165, 1.54) is 13.0 Å². The molecule has 0 radical (unpaired) electrons. The van der Waals surface area contributed by atoms with E-state index in [-0.39, 0.29) is 0 Å². The summed E-state index contributed by atoms with van der Waals surface area (Å²) in [6, 6.07) is 11.6. The lowest BCUT2D eigenvalue weighted by atomic mass is 10.2. The Hall–Kier alpha value is -2.89. The van der Waals surface area contributed by atoms with Gasteiger partial charge in [0.15, 0.2) is 12.7 Å². The summed E-state index contributed by atoms with van der Waals surface area (Å²) < 4.78 is 23.8. The Bertz CT molecular complexity index is 776. The monoisotopic (exact) mass is 345 g/mol. The predicted molar refractivity (Wildman–Crippen MR) is 92.0 cm³/mol. The number of halogens is 1. The van der Waals surface area contributed by atoms with Gasteiger partial charge in [-0.15, -0.1) is 0 Å². The first-order valence-electron chi connectivity index (χ1n) is 7.81. The number of carbonyl (C=O) groups is 2. The van der Waals surface area contributed by atoms with Crippen LogP contribution in [0.4, 0.5) is 10.1 Å². The molecule has 0 saturated carbocycles. The van der Waals surface area contributed by atoms with Gasteiger partial charge in [-0.2, -0.15) is 0 Å². The third-order valence-corrected chi connectivity index (χ3v) is 3.44. The molecule has 0 bridgehead atoms. The fourth-order valence-electron chi connectivity index (χ4n) is 2.06. The Morgan fingerprint density at radius 1 is 1.16 bits per heavy atom. The number of hydrogen-bond donors (Lipinski definition) is 1. The number of amides is 1. The van der Waals surface area contributed by atoms with Crippen molar-refractivity contribution in [1.82, 2.24) is 0 Å². The third kappa shape index (κ3) is 5.60. The minimum Gasteiger partial charge on any atom is -0.479 e. The predicted octanol–water partition coefficient (Wildman–Crippen LogP) is 3.39. The van der Waals surface area contributed by atoms with Gasteiger partial charge in [-0.1, -0.05) is 18.2 Å². The molecule has 1 amide bonds. The highest BCUT2D eigenvalue weighted by atomic mass is 19.1. The standard InChI is InChI=1S/C19H20FNO4/c1-12-5-4-6-16(9-12)25-14(3)19(23)24-11-18(22)21-15-8-7-13(2)17(20)10-15/h4-10,14H,11H2,1-3H3,(H,21,22)/t14-/m1/s1. The Balaban J connectivity index is 1.82. The van der Waals surface area contributed by atoms with Gasteiger partial charge in [0.2, 0.25) is 0 Å². The zero-order chi connectivity index (χ0) is 18.4. The van der Waals surface area contributed by atoms with Crippen molar-refractivity contribution in [1.29, 1.82) is 0 Å². The highest BCUT2D eigenvalue weighted by Gasteiger charge is 2.18. The molecule has 2 aromatic rings. The van der Waals surface area contributed by atoms with E-state index >= 15 is 0 Å². The van der Waals surface area contributed by atoms with Crippen LogP contribution in [0.15, 0.2) is 42.5 Å². The molecule has 6 heteroatoms. The summed E-state index contributed by atoms with van der Waals surface area (Å²) in [5.41, 5.74) is 1.78. The number of ether oxygens (including phenoxy) is 2. The zero-order valence-electron chi connectivity index (χ0n) is 14.3. The van der Waals surface area contributed by atoms with E-state index < -0.39 is 30.4 Å². The van der Waals surface area contributed by atoms with Gasteiger partial charge < -0.3 is 14.8 Å². The van der Waals surface area contributed by atoms with Gasteiger partial charge in [0.05, 0.1) is 0 Å². The van der Waals surface area contributed by atoms with E-state index in [1.807, 2.05) is 19.1 Å². The maximum atomic E-state index is 13.4. The van der Waals surface area contributed by atoms with Crippen LogP contribution >= 0.6 is 0 Å². The molecule has 0 fully saturated rings. The van der Waals surface area contributed by atoms with Gasteiger partial charge in [0.1, 0.15) is 11.6 Å². The average Bonchev–Trinajstić information content (AvgIpc) is 2.56. The fourth-order valence-corrected chi connectivity index (χ4v) is 2.06. The normalized spacial score (nSPS) is 11.5. The minimum absolute atomic E-state index is 0.299. The molecule has 5 nitrogen and oxygen atoms in total. The molecule has 2 rings (SSSR count). The minimum atomic E-state index is -0.855. The number of carbonyl (C=O) groups excluding carboxylic acids is 2. The van der Waals surface area contributed by atoms with Crippen LogP contribution in [-0.2, 0) is 14.3 Å². The number of hydrogen-bond acceptors (Lipinski definition) is 4. The summed E-state index contributed by atoms with van der Waals surface area (Å²) in [6.07, 6.45) is -0.855. The Morgan fingerprint density at radius 2 is 1.92 bits per heavy atom. The molecule has 0 spiro atoms. The molecule has 0 unspecified atom stereocenters. The van der Waals surface area contributed by atoms with Crippen molar-refractivity contribution in [3.63, 3.8) is 0 Å². The average molecular weight is 345 g/mol. The molecular formula is C19H20FNO4. The maximum absolute atomic E-state index is 13.4. The highest BCUT2D eigenvalue weighted by Crippen LogP contribution is 2.15. The molecule has 2 aromatic carbocycles. The van der Waals surface area contributed by atoms with Crippen LogP contribution in [0.1, 0.15) is 18.1 Å². The lowest BCUT2D eigenvalue weighted by molar-refractivity contribution is -0.153. The summed E-state index contributed by atoms with van der Waals surface area (Å²) in [5, 5.41) is 2.46. The Kier molecular flexibility index (Phi) is 6.11. The number of anilines is 1.